The second kappa shape index (κ2) is 7.66. The summed E-state index contributed by atoms with van der Waals surface area (Å²) in [5.74, 6) is -2.10. The van der Waals surface area contributed by atoms with E-state index >= 15 is 0 Å². The van der Waals surface area contributed by atoms with Crippen molar-refractivity contribution in [3.8, 4) is 0 Å². The standard InChI is InChI=1S/C20H22FN3O2/c1-14-2-4-15(5-3-14)11-20(8-9-22-13-20)24-18-7-6-16(12-23-18)10-17(21)19(25)26/h2-7,10,12,22H,8-9,11,13H2,1H3,(H,23,24)(H,25,26)/b17-10-/t20-/m0/s1. The molecule has 6 heteroatoms. The lowest BCUT2D eigenvalue weighted by atomic mass is 9.89. The Labute approximate surface area is 152 Å². The molecule has 1 aromatic carbocycles. The molecule has 0 unspecified atom stereocenters. The van der Waals surface area contributed by atoms with E-state index in [2.05, 4.69) is 46.8 Å². The smallest absolute Gasteiger partial charge is 0.364 e. The van der Waals surface area contributed by atoms with Gasteiger partial charge in [0.2, 0.25) is 5.83 Å². The Hall–Kier alpha value is -2.73. The fraction of sp³-hybridized carbons (Fsp3) is 0.300. The van der Waals surface area contributed by atoms with Gasteiger partial charge in [0.15, 0.2) is 0 Å². The molecule has 0 saturated carbocycles. The van der Waals surface area contributed by atoms with E-state index in [0.29, 0.717) is 11.4 Å². The maximum atomic E-state index is 13.2. The zero-order chi connectivity index (χ0) is 18.6. The summed E-state index contributed by atoms with van der Waals surface area (Å²) in [6.07, 6.45) is 4.26. The zero-order valence-corrected chi connectivity index (χ0v) is 14.6. The Morgan fingerprint density at radius 2 is 2.12 bits per heavy atom. The van der Waals surface area contributed by atoms with Crippen molar-refractivity contribution >= 4 is 17.9 Å². The number of carboxylic acids is 1. The van der Waals surface area contributed by atoms with Gasteiger partial charge in [-0.25, -0.2) is 9.78 Å². The number of anilines is 1. The van der Waals surface area contributed by atoms with Crippen LogP contribution >= 0.6 is 0 Å². The predicted molar refractivity (Wildman–Crippen MR) is 99.7 cm³/mol. The molecule has 136 valence electrons. The first-order valence-electron chi connectivity index (χ1n) is 8.57. The van der Waals surface area contributed by atoms with Crippen LogP contribution in [0.1, 0.15) is 23.1 Å². The molecule has 1 saturated heterocycles. The minimum atomic E-state index is -1.58. The van der Waals surface area contributed by atoms with Gasteiger partial charge in [-0.2, -0.15) is 4.39 Å². The summed E-state index contributed by atoms with van der Waals surface area (Å²) in [5, 5.41) is 15.5. The minimum absolute atomic E-state index is 0.133. The molecule has 1 aliphatic heterocycles. The number of carboxylic acid groups (broad SMARTS) is 1. The number of carbonyl (C=O) groups is 1. The SMILES string of the molecule is Cc1ccc(C[C@@]2(Nc3ccc(/C=C(\F)C(=O)O)cn3)CCNC2)cc1. The number of aromatic nitrogens is 1. The highest BCUT2D eigenvalue weighted by Crippen LogP contribution is 2.25. The second-order valence-electron chi connectivity index (χ2n) is 6.77. The fourth-order valence-corrected chi connectivity index (χ4v) is 3.19. The molecule has 2 heterocycles. The zero-order valence-electron chi connectivity index (χ0n) is 14.6. The van der Waals surface area contributed by atoms with Crippen LogP contribution in [0.2, 0.25) is 0 Å². The Bertz CT molecular complexity index is 795. The molecule has 3 N–H and O–H groups in total. The van der Waals surface area contributed by atoms with Crippen LogP contribution in [-0.4, -0.2) is 34.7 Å². The van der Waals surface area contributed by atoms with E-state index in [4.69, 9.17) is 5.11 Å². The topological polar surface area (TPSA) is 74.2 Å². The van der Waals surface area contributed by atoms with Crippen molar-refractivity contribution in [2.75, 3.05) is 18.4 Å². The molecule has 1 fully saturated rings. The number of rotatable bonds is 6. The van der Waals surface area contributed by atoms with Crippen molar-refractivity contribution < 1.29 is 14.3 Å². The van der Waals surface area contributed by atoms with Crippen LogP contribution in [0.3, 0.4) is 0 Å². The highest BCUT2D eigenvalue weighted by atomic mass is 19.1. The van der Waals surface area contributed by atoms with E-state index in [1.54, 1.807) is 12.1 Å². The molecule has 1 aromatic heterocycles. The van der Waals surface area contributed by atoms with Gasteiger partial charge in [-0.15, -0.1) is 0 Å². The average molecular weight is 355 g/mol. The maximum absolute atomic E-state index is 13.2. The molecule has 1 aliphatic rings. The molecule has 0 radical (unpaired) electrons. The molecule has 0 spiro atoms. The summed E-state index contributed by atoms with van der Waals surface area (Å²) in [5.41, 5.74) is 2.77. The lowest BCUT2D eigenvalue weighted by Gasteiger charge is -2.30. The largest absolute Gasteiger partial charge is 0.476 e. The van der Waals surface area contributed by atoms with Crippen LogP contribution in [0.25, 0.3) is 6.08 Å². The molecule has 0 bridgehead atoms. The van der Waals surface area contributed by atoms with Gasteiger partial charge in [0.05, 0.1) is 5.54 Å². The third kappa shape index (κ3) is 4.46. The van der Waals surface area contributed by atoms with Gasteiger partial charge in [-0.05, 0) is 55.6 Å². The second-order valence-corrected chi connectivity index (χ2v) is 6.77. The summed E-state index contributed by atoms with van der Waals surface area (Å²) in [4.78, 5) is 14.9. The monoisotopic (exact) mass is 355 g/mol. The summed E-state index contributed by atoms with van der Waals surface area (Å²) < 4.78 is 13.2. The number of halogens is 1. The predicted octanol–water partition coefficient (Wildman–Crippen LogP) is 3.17. The van der Waals surface area contributed by atoms with Crippen LogP contribution in [0, 0.1) is 6.92 Å². The lowest BCUT2D eigenvalue weighted by Crippen LogP contribution is -2.43. The molecule has 2 aromatic rings. The number of aryl methyl sites for hydroxylation is 1. The highest BCUT2D eigenvalue weighted by Gasteiger charge is 2.34. The number of nitrogens with zero attached hydrogens (tertiary/aromatic N) is 1. The first-order chi connectivity index (χ1) is 12.5. The molecule has 0 amide bonds. The van der Waals surface area contributed by atoms with Crippen LogP contribution < -0.4 is 10.6 Å². The van der Waals surface area contributed by atoms with Crippen molar-refractivity contribution in [1.82, 2.24) is 10.3 Å². The van der Waals surface area contributed by atoms with Gasteiger partial charge in [0.25, 0.3) is 0 Å². The summed E-state index contributed by atoms with van der Waals surface area (Å²) in [7, 11) is 0. The van der Waals surface area contributed by atoms with Gasteiger partial charge in [-0.1, -0.05) is 29.8 Å². The van der Waals surface area contributed by atoms with E-state index in [9.17, 15) is 9.18 Å². The highest BCUT2D eigenvalue weighted by molar-refractivity contribution is 5.89. The number of aliphatic carboxylic acids is 1. The van der Waals surface area contributed by atoms with Gasteiger partial charge in [0, 0.05) is 12.7 Å². The molecular weight excluding hydrogens is 333 g/mol. The number of pyridine rings is 1. The van der Waals surface area contributed by atoms with E-state index in [0.717, 1.165) is 32.0 Å². The fourth-order valence-electron chi connectivity index (χ4n) is 3.19. The van der Waals surface area contributed by atoms with E-state index < -0.39 is 11.8 Å². The maximum Gasteiger partial charge on any atom is 0.364 e. The lowest BCUT2D eigenvalue weighted by molar-refractivity contribution is -0.134. The Morgan fingerprint density at radius 1 is 1.35 bits per heavy atom. The normalized spacial score (nSPS) is 20.2. The van der Waals surface area contributed by atoms with Crippen LogP contribution in [0.15, 0.2) is 48.4 Å². The van der Waals surface area contributed by atoms with Crippen molar-refractivity contribution in [2.45, 2.75) is 25.3 Å². The van der Waals surface area contributed by atoms with Crippen molar-refractivity contribution in [1.29, 1.82) is 0 Å². The van der Waals surface area contributed by atoms with Gasteiger partial charge < -0.3 is 15.7 Å². The van der Waals surface area contributed by atoms with E-state index in [1.165, 1.54) is 17.3 Å². The van der Waals surface area contributed by atoms with Crippen LogP contribution in [0.4, 0.5) is 10.2 Å². The molecule has 5 nitrogen and oxygen atoms in total. The Kier molecular flexibility index (Phi) is 5.32. The first-order valence-corrected chi connectivity index (χ1v) is 8.57. The molecular formula is C20H22FN3O2. The summed E-state index contributed by atoms with van der Waals surface area (Å²) in [6, 6.07) is 11.9. The van der Waals surface area contributed by atoms with Crippen LogP contribution in [0.5, 0.6) is 0 Å². The quantitative estimate of drug-likeness (QED) is 0.694. The van der Waals surface area contributed by atoms with Crippen molar-refractivity contribution in [3.05, 3.63) is 65.1 Å². The Balaban J connectivity index is 1.74. The number of hydrogen-bond acceptors (Lipinski definition) is 4. The summed E-state index contributed by atoms with van der Waals surface area (Å²) in [6.45, 7) is 3.84. The third-order valence-corrected chi connectivity index (χ3v) is 4.58. The van der Waals surface area contributed by atoms with Crippen molar-refractivity contribution in [3.63, 3.8) is 0 Å². The minimum Gasteiger partial charge on any atom is -0.476 e. The molecule has 26 heavy (non-hydrogen) atoms. The third-order valence-electron chi connectivity index (χ3n) is 4.58. The van der Waals surface area contributed by atoms with Crippen molar-refractivity contribution in [2.24, 2.45) is 0 Å². The van der Waals surface area contributed by atoms with Gasteiger partial charge in [-0.3, -0.25) is 0 Å². The van der Waals surface area contributed by atoms with E-state index in [1.807, 2.05) is 0 Å². The van der Waals surface area contributed by atoms with E-state index in [-0.39, 0.29) is 5.54 Å². The van der Waals surface area contributed by atoms with Crippen LogP contribution in [-0.2, 0) is 11.2 Å². The molecule has 3 rings (SSSR count). The first kappa shape index (κ1) is 18.1. The summed E-state index contributed by atoms with van der Waals surface area (Å²) >= 11 is 0. The molecule has 1 atom stereocenters. The van der Waals surface area contributed by atoms with Gasteiger partial charge >= 0.3 is 5.97 Å². The Morgan fingerprint density at radius 3 is 2.69 bits per heavy atom. The van der Waals surface area contributed by atoms with Gasteiger partial charge in [0.1, 0.15) is 5.82 Å². The average Bonchev–Trinajstić information content (AvgIpc) is 3.07. The number of hydrogen-bond donors (Lipinski definition) is 3. The molecule has 0 aliphatic carbocycles. The number of benzene rings is 1. The number of nitrogens with one attached hydrogen (secondary N) is 2.